The summed E-state index contributed by atoms with van der Waals surface area (Å²) >= 11 is 0. The van der Waals surface area contributed by atoms with Crippen LogP contribution in [0.4, 0.5) is 0 Å². The number of carbonyl (C=O) groups excluding carboxylic acids is 1. The Morgan fingerprint density at radius 3 is 2.19 bits per heavy atom. The van der Waals surface area contributed by atoms with Gasteiger partial charge in [0.25, 0.3) is 0 Å². The van der Waals surface area contributed by atoms with Gasteiger partial charge in [0.05, 0.1) is 11.2 Å². The molecule has 0 saturated carbocycles. The quantitative estimate of drug-likeness (QED) is 0.393. The number of carbonyl (C=O) groups is 1. The lowest BCUT2D eigenvalue weighted by atomic mass is 9.87. The number of hydrogen-bond donors (Lipinski definition) is 0. The molecule has 0 rings (SSSR count). The number of allylic oxidation sites excluding steroid dienone is 2. The van der Waals surface area contributed by atoms with Crippen LogP contribution in [-0.2, 0) is 9.53 Å². The summed E-state index contributed by atoms with van der Waals surface area (Å²) < 4.78 is 4.98. The van der Waals surface area contributed by atoms with Crippen LogP contribution >= 0.6 is 0 Å². The van der Waals surface area contributed by atoms with Crippen molar-refractivity contribution in [2.75, 3.05) is 0 Å². The molecule has 0 spiro atoms. The van der Waals surface area contributed by atoms with Crippen LogP contribution in [0.25, 0.3) is 0 Å². The van der Waals surface area contributed by atoms with Gasteiger partial charge in [0.2, 0.25) is 0 Å². The van der Waals surface area contributed by atoms with Crippen LogP contribution in [0.2, 0.25) is 0 Å². The van der Waals surface area contributed by atoms with E-state index in [-0.39, 0.29) is 11.4 Å². The van der Waals surface area contributed by atoms with Crippen molar-refractivity contribution in [2.24, 2.45) is 5.41 Å². The van der Waals surface area contributed by atoms with Crippen LogP contribution in [0.1, 0.15) is 53.9 Å². The average Bonchev–Trinajstić information content (AvgIpc) is 2.15. The number of rotatable bonds is 5. The Morgan fingerprint density at radius 2 is 1.88 bits per heavy atom. The first-order valence-corrected chi connectivity index (χ1v) is 5.76. The fourth-order valence-electron chi connectivity index (χ4n) is 1.02. The normalized spacial score (nSPS) is 9.81. The van der Waals surface area contributed by atoms with Crippen molar-refractivity contribution < 1.29 is 9.53 Å². The molecule has 0 atom stereocenters. The Morgan fingerprint density at radius 1 is 1.44 bits per heavy atom. The van der Waals surface area contributed by atoms with E-state index >= 15 is 0 Å². The van der Waals surface area contributed by atoms with Gasteiger partial charge in [-0.05, 0) is 34.1 Å². The fraction of sp³-hybridized carbons (Fsp3) is 0.643. The van der Waals surface area contributed by atoms with Gasteiger partial charge in [-0.15, -0.1) is 6.58 Å². The third-order valence-corrected chi connectivity index (χ3v) is 1.97. The Labute approximate surface area is 100 Å². The lowest BCUT2D eigenvalue weighted by Crippen LogP contribution is -2.25. The lowest BCUT2D eigenvalue weighted by Gasteiger charge is -2.21. The van der Waals surface area contributed by atoms with E-state index in [4.69, 9.17) is 4.74 Å². The summed E-state index contributed by atoms with van der Waals surface area (Å²) in [4.78, 5) is 11.5. The van der Waals surface area contributed by atoms with Gasteiger partial charge in [-0.3, -0.25) is 4.79 Å². The van der Waals surface area contributed by atoms with Crippen LogP contribution in [0.5, 0.6) is 0 Å². The van der Waals surface area contributed by atoms with Crippen molar-refractivity contribution >= 4 is 5.97 Å². The van der Waals surface area contributed by atoms with Crippen LogP contribution in [-0.4, -0.2) is 5.97 Å². The standard InChI is InChI=1S/C11H20O2.C3H6/c1-6-7-8-11(4,5)10(12)13-9(2)3;1-3-2/h2,6-8H2,1,3-5H3;3H,1H2,2H3. The first-order chi connectivity index (χ1) is 7.31. The van der Waals surface area contributed by atoms with E-state index < -0.39 is 0 Å². The highest BCUT2D eigenvalue weighted by Gasteiger charge is 2.28. The number of ether oxygens (including phenoxy) is 1. The molecule has 2 heteroatoms. The molecule has 0 aliphatic heterocycles. The second kappa shape index (κ2) is 9.20. The zero-order valence-corrected chi connectivity index (χ0v) is 11.4. The molecule has 0 fully saturated rings. The maximum absolute atomic E-state index is 11.5. The molecule has 0 N–H and O–H groups in total. The van der Waals surface area contributed by atoms with E-state index in [9.17, 15) is 4.79 Å². The zero-order chi connectivity index (χ0) is 13.2. The van der Waals surface area contributed by atoms with Gasteiger partial charge in [-0.1, -0.05) is 32.4 Å². The van der Waals surface area contributed by atoms with Crippen molar-refractivity contribution in [1.82, 2.24) is 0 Å². The van der Waals surface area contributed by atoms with Crippen molar-refractivity contribution in [3.05, 3.63) is 25.0 Å². The van der Waals surface area contributed by atoms with Crippen LogP contribution in [0.3, 0.4) is 0 Å². The van der Waals surface area contributed by atoms with E-state index in [1.54, 1.807) is 13.0 Å². The minimum Gasteiger partial charge on any atom is -0.432 e. The molecular weight excluding hydrogens is 200 g/mol. The smallest absolute Gasteiger partial charge is 0.316 e. The summed E-state index contributed by atoms with van der Waals surface area (Å²) in [7, 11) is 0. The molecule has 0 aliphatic rings. The van der Waals surface area contributed by atoms with Gasteiger partial charge >= 0.3 is 5.97 Å². The lowest BCUT2D eigenvalue weighted by molar-refractivity contribution is -0.149. The highest BCUT2D eigenvalue weighted by atomic mass is 16.5. The molecule has 0 radical (unpaired) electrons. The van der Waals surface area contributed by atoms with E-state index in [0.29, 0.717) is 5.76 Å². The SMILES string of the molecule is C=C(C)OC(=O)C(C)(C)CCCC.C=CC. The minimum absolute atomic E-state index is 0.173. The topological polar surface area (TPSA) is 26.3 Å². The second-order valence-electron chi connectivity index (χ2n) is 4.49. The predicted molar refractivity (Wildman–Crippen MR) is 70.1 cm³/mol. The second-order valence-corrected chi connectivity index (χ2v) is 4.49. The van der Waals surface area contributed by atoms with Gasteiger partial charge in [0.15, 0.2) is 0 Å². The summed E-state index contributed by atoms with van der Waals surface area (Å²) in [5.74, 6) is 0.294. The predicted octanol–water partition coefficient (Wildman–Crippen LogP) is 4.47. The largest absolute Gasteiger partial charge is 0.432 e. The number of esters is 1. The van der Waals surface area contributed by atoms with Gasteiger partial charge in [-0.2, -0.15) is 0 Å². The number of hydrogen-bond acceptors (Lipinski definition) is 2. The van der Waals surface area contributed by atoms with Crippen LogP contribution in [0.15, 0.2) is 25.0 Å². The molecule has 2 nitrogen and oxygen atoms in total. The monoisotopic (exact) mass is 226 g/mol. The van der Waals surface area contributed by atoms with Crippen molar-refractivity contribution in [3.63, 3.8) is 0 Å². The molecule has 0 aromatic rings. The van der Waals surface area contributed by atoms with E-state index in [1.165, 1.54) is 0 Å². The van der Waals surface area contributed by atoms with Gasteiger partial charge in [0, 0.05) is 0 Å². The van der Waals surface area contributed by atoms with E-state index in [0.717, 1.165) is 19.3 Å². The summed E-state index contributed by atoms with van der Waals surface area (Å²) in [5.41, 5.74) is -0.380. The molecule has 0 heterocycles. The van der Waals surface area contributed by atoms with Gasteiger partial charge in [-0.25, -0.2) is 0 Å². The maximum atomic E-state index is 11.5. The minimum atomic E-state index is -0.380. The Balaban J connectivity index is 0. The number of unbranched alkanes of at least 4 members (excludes halogenated alkanes) is 1. The molecule has 0 bridgehead atoms. The van der Waals surface area contributed by atoms with Crippen molar-refractivity contribution in [1.29, 1.82) is 0 Å². The molecule has 0 aliphatic carbocycles. The summed E-state index contributed by atoms with van der Waals surface area (Å²) in [5, 5.41) is 0. The van der Waals surface area contributed by atoms with E-state index in [2.05, 4.69) is 20.1 Å². The molecule has 0 unspecified atom stereocenters. The van der Waals surface area contributed by atoms with Crippen molar-refractivity contribution in [3.8, 4) is 0 Å². The first kappa shape index (κ1) is 17.3. The molecule has 16 heavy (non-hydrogen) atoms. The maximum Gasteiger partial charge on any atom is 0.316 e. The third kappa shape index (κ3) is 9.50. The van der Waals surface area contributed by atoms with Gasteiger partial charge in [0.1, 0.15) is 0 Å². The van der Waals surface area contributed by atoms with Gasteiger partial charge < -0.3 is 4.74 Å². The molecule has 0 aromatic heterocycles. The molecule has 0 aromatic carbocycles. The van der Waals surface area contributed by atoms with E-state index in [1.807, 2.05) is 20.8 Å². The Hall–Kier alpha value is -1.05. The van der Waals surface area contributed by atoms with Crippen molar-refractivity contribution in [2.45, 2.75) is 53.9 Å². The summed E-state index contributed by atoms with van der Waals surface area (Å²) in [6.07, 6.45) is 4.78. The van der Waals surface area contributed by atoms with Crippen LogP contribution < -0.4 is 0 Å². The zero-order valence-electron chi connectivity index (χ0n) is 11.4. The Kier molecular flexibility index (Phi) is 9.97. The Bertz CT molecular complexity index is 227. The highest BCUT2D eigenvalue weighted by Crippen LogP contribution is 2.25. The molecular formula is C14H26O2. The average molecular weight is 226 g/mol. The summed E-state index contributed by atoms with van der Waals surface area (Å²) in [6.45, 7) is 16.4. The van der Waals surface area contributed by atoms with Crippen LogP contribution in [0, 0.1) is 5.41 Å². The summed E-state index contributed by atoms with van der Waals surface area (Å²) in [6, 6.07) is 0. The molecule has 0 saturated heterocycles. The molecule has 94 valence electrons. The molecule has 0 amide bonds. The highest BCUT2D eigenvalue weighted by molar-refractivity contribution is 5.76. The first-order valence-electron chi connectivity index (χ1n) is 5.76. The third-order valence-electron chi connectivity index (χ3n) is 1.97. The fourth-order valence-corrected chi connectivity index (χ4v) is 1.02.